The van der Waals surface area contributed by atoms with Gasteiger partial charge in [0.1, 0.15) is 5.78 Å². The van der Waals surface area contributed by atoms with Crippen molar-refractivity contribution in [2.75, 3.05) is 0 Å². The topological polar surface area (TPSA) is 56.0 Å². The van der Waals surface area contributed by atoms with Gasteiger partial charge in [0.05, 0.1) is 0 Å². The maximum absolute atomic E-state index is 11.6. The maximum Gasteiger partial charge on any atom is 0.138 e. The molecule has 1 heterocycles. The molecule has 1 rings (SSSR count). The van der Waals surface area contributed by atoms with Crippen molar-refractivity contribution in [1.82, 2.24) is 4.98 Å². The molecule has 0 saturated carbocycles. The summed E-state index contributed by atoms with van der Waals surface area (Å²) >= 11 is 3.32. The summed E-state index contributed by atoms with van der Waals surface area (Å²) in [4.78, 5) is 15.6. The largest absolute Gasteiger partial charge is 0.327 e. The average molecular weight is 271 g/mol. The van der Waals surface area contributed by atoms with Gasteiger partial charge in [-0.2, -0.15) is 0 Å². The molecular weight excluding hydrogens is 256 g/mol. The number of carbonyl (C=O) groups excluding carboxylic acids is 1. The second kappa shape index (κ2) is 5.98. The van der Waals surface area contributed by atoms with Crippen molar-refractivity contribution in [3.8, 4) is 0 Å². The molecule has 4 heteroatoms. The molecule has 1 unspecified atom stereocenters. The first-order valence-electron chi connectivity index (χ1n) is 4.98. The van der Waals surface area contributed by atoms with E-state index in [2.05, 4.69) is 20.9 Å². The normalized spacial score (nSPS) is 12.5. The van der Waals surface area contributed by atoms with Gasteiger partial charge in [-0.15, -0.1) is 0 Å². The second-order valence-electron chi connectivity index (χ2n) is 3.60. The number of ketones is 1. The summed E-state index contributed by atoms with van der Waals surface area (Å²) in [5, 5.41) is 0. The van der Waals surface area contributed by atoms with Crippen LogP contribution in [0.5, 0.6) is 0 Å². The Morgan fingerprint density at radius 2 is 2.33 bits per heavy atom. The molecule has 0 aromatic carbocycles. The Morgan fingerprint density at radius 1 is 1.60 bits per heavy atom. The standard InChI is InChI=1S/C11H15BrN2O/c1-2-10(13)5-11(15)4-8-3-9(12)7-14-6-8/h3,6-7,10H,2,4-5,13H2,1H3. The molecule has 0 aliphatic rings. The van der Waals surface area contributed by atoms with E-state index in [0.717, 1.165) is 16.5 Å². The predicted octanol–water partition coefficient (Wildman–Crippen LogP) is 2.08. The average Bonchev–Trinajstić information content (AvgIpc) is 2.17. The molecule has 1 aromatic rings. The SMILES string of the molecule is CCC(N)CC(=O)Cc1cncc(Br)c1. The fourth-order valence-electron chi connectivity index (χ4n) is 1.29. The van der Waals surface area contributed by atoms with Gasteiger partial charge in [0.2, 0.25) is 0 Å². The zero-order valence-corrected chi connectivity index (χ0v) is 10.3. The smallest absolute Gasteiger partial charge is 0.138 e. The van der Waals surface area contributed by atoms with Gasteiger partial charge in [-0.1, -0.05) is 6.92 Å². The first kappa shape index (κ1) is 12.3. The first-order valence-corrected chi connectivity index (χ1v) is 5.77. The van der Waals surface area contributed by atoms with Gasteiger partial charge in [0, 0.05) is 35.7 Å². The van der Waals surface area contributed by atoms with Crippen LogP contribution in [0.15, 0.2) is 22.9 Å². The Labute approximate surface area is 98.2 Å². The number of hydrogen-bond donors (Lipinski definition) is 1. The van der Waals surface area contributed by atoms with Crippen LogP contribution in [0.25, 0.3) is 0 Å². The monoisotopic (exact) mass is 270 g/mol. The van der Waals surface area contributed by atoms with Crippen LogP contribution in [0.2, 0.25) is 0 Å². The van der Waals surface area contributed by atoms with Crippen molar-refractivity contribution in [2.24, 2.45) is 5.73 Å². The van der Waals surface area contributed by atoms with Crippen molar-refractivity contribution in [1.29, 1.82) is 0 Å². The van der Waals surface area contributed by atoms with Crippen LogP contribution in [0.1, 0.15) is 25.3 Å². The fourth-order valence-corrected chi connectivity index (χ4v) is 1.70. The Morgan fingerprint density at radius 3 is 2.93 bits per heavy atom. The van der Waals surface area contributed by atoms with E-state index < -0.39 is 0 Å². The molecule has 82 valence electrons. The van der Waals surface area contributed by atoms with Crippen molar-refractivity contribution in [3.63, 3.8) is 0 Å². The number of aromatic nitrogens is 1. The van der Waals surface area contributed by atoms with Crippen molar-refractivity contribution >= 4 is 21.7 Å². The lowest BCUT2D eigenvalue weighted by Gasteiger charge is -2.07. The molecule has 0 aliphatic heterocycles. The van der Waals surface area contributed by atoms with Crippen LogP contribution in [0.3, 0.4) is 0 Å². The lowest BCUT2D eigenvalue weighted by molar-refractivity contribution is -0.118. The molecule has 3 nitrogen and oxygen atoms in total. The lowest BCUT2D eigenvalue weighted by atomic mass is 10.0. The van der Waals surface area contributed by atoms with Gasteiger partial charge >= 0.3 is 0 Å². The number of nitrogens with two attached hydrogens (primary N) is 1. The van der Waals surface area contributed by atoms with Gasteiger partial charge in [-0.3, -0.25) is 9.78 Å². The molecule has 1 aromatic heterocycles. The number of pyridine rings is 1. The third-order valence-corrected chi connectivity index (χ3v) is 2.61. The van der Waals surface area contributed by atoms with E-state index in [1.165, 1.54) is 0 Å². The van der Waals surface area contributed by atoms with E-state index in [4.69, 9.17) is 5.73 Å². The first-order chi connectivity index (χ1) is 7.11. The van der Waals surface area contributed by atoms with Crippen molar-refractivity contribution in [3.05, 3.63) is 28.5 Å². The van der Waals surface area contributed by atoms with Crippen LogP contribution in [0.4, 0.5) is 0 Å². The molecule has 0 fully saturated rings. The zero-order valence-electron chi connectivity index (χ0n) is 8.74. The van der Waals surface area contributed by atoms with Crippen LogP contribution < -0.4 is 5.73 Å². The van der Waals surface area contributed by atoms with Gasteiger partial charge < -0.3 is 5.73 Å². The van der Waals surface area contributed by atoms with Crippen molar-refractivity contribution in [2.45, 2.75) is 32.2 Å². The molecule has 0 amide bonds. The summed E-state index contributed by atoms with van der Waals surface area (Å²) in [6, 6.07) is 1.89. The Balaban J connectivity index is 2.51. The van der Waals surface area contributed by atoms with Gasteiger partial charge in [0.15, 0.2) is 0 Å². The molecule has 2 N–H and O–H groups in total. The molecule has 0 spiro atoms. The van der Waals surface area contributed by atoms with E-state index in [1.54, 1.807) is 12.4 Å². The van der Waals surface area contributed by atoms with Crippen LogP contribution in [0, 0.1) is 0 Å². The number of nitrogens with zero attached hydrogens (tertiary/aromatic N) is 1. The van der Waals surface area contributed by atoms with Crippen LogP contribution in [-0.4, -0.2) is 16.8 Å². The highest BCUT2D eigenvalue weighted by atomic mass is 79.9. The van der Waals surface area contributed by atoms with E-state index in [1.807, 2.05) is 13.0 Å². The zero-order chi connectivity index (χ0) is 11.3. The molecule has 0 radical (unpaired) electrons. The molecule has 15 heavy (non-hydrogen) atoms. The van der Waals surface area contributed by atoms with Crippen molar-refractivity contribution < 1.29 is 4.79 Å². The summed E-state index contributed by atoms with van der Waals surface area (Å²) < 4.78 is 0.896. The van der Waals surface area contributed by atoms with E-state index in [-0.39, 0.29) is 11.8 Å². The Hall–Kier alpha value is -0.740. The third kappa shape index (κ3) is 4.53. The molecule has 0 saturated heterocycles. The number of hydrogen-bond acceptors (Lipinski definition) is 3. The van der Waals surface area contributed by atoms with E-state index in [0.29, 0.717) is 12.8 Å². The quantitative estimate of drug-likeness (QED) is 0.892. The van der Waals surface area contributed by atoms with Gasteiger partial charge in [0.25, 0.3) is 0 Å². The highest BCUT2D eigenvalue weighted by Gasteiger charge is 2.08. The van der Waals surface area contributed by atoms with Gasteiger partial charge in [-0.25, -0.2) is 0 Å². The number of carbonyl (C=O) groups is 1. The second-order valence-corrected chi connectivity index (χ2v) is 4.51. The summed E-state index contributed by atoms with van der Waals surface area (Å²) in [6.07, 6.45) is 5.11. The lowest BCUT2D eigenvalue weighted by Crippen LogP contribution is -2.23. The molecule has 0 aliphatic carbocycles. The minimum absolute atomic E-state index is 0.0161. The third-order valence-electron chi connectivity index (χ3n) is 2.18. The summed E-state index contributed by atoms with van der Waals surface area (Å²) in [5.41, 5.74) is 6.64. The number of halogens is 1. The summed E-state index contributed by atoms with van der Waals surface area (Å²) in [7, 11) is 0. The number of rotatable bonds is 5. The molecule has 1 atom stereocenters. The van der Waals surface area contributed by atoms with E-state index in [9.17, 15) is 4.79 Å². The minimum Gasteiger partial charge on any atom is -0.327 e. The maximum atomic E-state index is 11.6. The molecular formula is C11H15BrN2O. The van der Waals surface area contributed by atoms with Crippen LogP contribution >= 0.6 is 15.9 Å². The van der Waals surface area contributed by atoms with Gasteiger partial charge in [-0.05, 0) is 34.0 Å². The summed E-state index contributed by atoms with van der Waals surface area (Å²) in [6.45, 7) is 1.98. The highest BCUT2D eigenvalue weighted by Crippen LogP contribution is 2.11. The summed E-state index contributed by atoms with van der Waals surface area (Å²) in [5.74, 6) is 0.171. The number of Topliss-reactive ketones (excluding diaryl/α,β-unsaturated/α-hetero) is 1. The highest BCUT2D eigenvalue weighted by molar-refractivity contribution is 9.10. The predicted molar refractivity (Wildman–Crippen MR) is 63.5 cm³/mol. The minimum atomic E-state index is -0.0161. The fraction of sp³-hybridized carbons (Fsp3) is 0.455. The van der Waals surface area contributed by atoms with Crippen LogP contribution in [-0.2, 0) is 11.2 Å². The molecule has 0 bridgehead atoms. The Kier molecular flexibility index (Phi) is 4.91. The Bertz CT molecular complexity index is 341. The van der Waals surface area contributed by atoms with E-state index >= 15 is 0 Å².